The van der Waals surface area contributed by atoms with Crippen LogP contribution in [0.3, 0.4) is 0 Å². The topological polar surface area (TPSA) is 85.8 Å². The maximum atomic E-state index is 12.6. The normalized spacial score (nSPS) is 11.2. The number of hydrogen-bond donors (Lipinski definition) is 0. The van der Waals surface area contributed by atoms with Gasteiger partial charge in [0.25, 0.3) is 12.9 Å². The van der Waals surface area contributed by atoms with Gasteiger partial charge >= 0.3 is 0 Å². The van der Waals surface area contributed by atoms with Crippen molar-refractivity contribution in [2.24, 2.45) is 0 Å². The molecule has 0 unspecified atom stereocenters. The summed E-state index contributed by atoms with van der Waals surface area (Å²) in [5.74, 6) is 0.684. The third-order valence-electron chi connectivity index (χ3n) is 2.59. The van der Waals surface area contributed by atoms with Gasteiger partial charge < -0.3 is 9.47 Å². The summed E-state index contributed by atoms with van der Waals surface area (Å²) in [5, 5.41) is 0.895. The molecule has 7 nitrogen and oxygen atoms in total. The Bertz CT molecular complexity index is 490. The average molecular weight is 364 g/mol. The Morgan fingerprint density at radius 1 is 1.27 bits per heavy atom. The largest absolute Gasteiger partial charge is 0.458 e. The molecular formula is C12H17N2O5PS2. The molecule has 0 aromatic carbocycles. The zero-order chi connectivity index (χ0) is 16.3. The van der Waals surface area contributed by atoms with Crippen LogP contribution < -0.4 is 0 Å². The second-order valence-corrected chi connectivity index (χ2v) is 9.41. The van der Waals surface area contributed by atoms with Crippen LogP contribution in [0.1, 0.15) is 0 Å². The molecule has 0 aliphatic carbocycles. The van der Waals surface area contributed by atoms with Gasteiger partial charge in [-0.25, -0.2) is 4.98 Å². The number of nitrogens with zero attached hydrogens (tertiary/aromatic N) is 2. The van der Waals surface area contributed by atoms with E-state index in [1.165, 1.54) is 10.8 Å². The zero-order valence-electron chi connectivity index (χ0n) is 12.0. The van der Waals surface area contributed by atoms with Gasteiger partial charge in [0.1, 0.15) is 5.03 Å². The summed E-state index contributed by atoms with van der Waals surface area (Å²) in [7, 11) is 1.67. The fourth-order valence-corrected chi connectivity index (χ4v) is 4.96. The Kier molecular flexibility index (Phi) is 9.22. The molecule has 1 aromatic heterocycles. The van der Waals surface area contributed by atoms with Crippen LogP contribution in [-0.4, -0.2) is 54.6 Å². The molecule has 22 heavy (non-hydrogen) atoms. The molecule has 0 radical (unpaired) electrons. The van der Waals surface area contributed by atoms with Crippen LogP contribution in [0, 0.1) is 0 Å². The Labute approximate surface area is 137 Å². The molecule has 0 fully saturated rings. The molecule has 0 amide bonds. The van der Waals surface area contributed by atoms with Crippen molar-refractivity contribution in [1.82, 2.24) is 9.65 Å². The van der Waals surface area contributed by atoms with Crippen molar-refractivity contribution >= 4 is 41.8 Å². The fraction of sp³-hybridized carbons (Fsp3) is 0.417. The van der Waals surface area contributed by atoms with Crippen molar-refractivity contribution in [3.05, 3.63) is 24.4 Å². The highest BCUT2D eigenvalue weighted by Crippen LogP contribution is 2.48. The summed E-state index contributed by atoms with van der Waals surface area (Å²) in [4.78, 5) is 24.7. The smallest absolute Gasteiger partial charge is 0.293 e. The lowest BCUT2D eigenvalue weighted by Gasteiger charge is -2.26. The summed E-state index contributed by atoms with van der Waals surface area (Å²) in [6, 6.07) is 5.66. The third-order valence-corrected chi connectivity index (χ3v) is 7.39. The van der Waals surface area contributed by atoms with Crippen LogP contribution in [0.5, 0.6) is 0 Å². The van der Waals surface area contributed by atoms with Crippen LogP contribution in [0.2, 0.25) is 0 Å². The zero-order valence-corrected chi connectivity index (χ0v) is 14.5. The van der Waals surface area contributed by atoms with Gasteiger partial charge in [0.05, 0.1) is 0 Å². The predicted molar refractivity (Wildman–Crippen MR) is 86.8 cm³/mol. The van der Waals surface area contributed by atoms with Gasteiger partial charge in [0.2, 0.25) is 7.29 Å². The van der Waals surface area contributed by atoms with Crippen molar-refractivity contribution in [2.75, 3.05) is 32.0 Å². The van der Waals surface area contributed by atoms with Gasteiger partial charge in [-0.2, -0.15) is 0 Å². The van der Waals surface area contributed by atoms with E-state index in [-0.39, 0.29) is 25.6 Å². The van der Waals surface area contributed by atoms with E-state index in [0.29, 0.717) is 12.3 Å². The summed E-state index contributed by atoms with van der Waals surface area (Å²) < 4.78 is 23.4. The van der Waals surface area contributed by atoms with Crippen LogP contribution in [0.15, 0.2) is 29.4 Å². The minimum Gasteiger partial charge on any atom is -0.458 e. The molecule has 0 saturated heterocycles. The van der Waals surface area contributed by atoms with Crippen LogP contribution in [0.4, 0.5) is 0 Å². The molecule has 0 aliphatic rings. The Balaban J connectivity index is 2.41. The summed E-state index contributed by atoms with van der Waals surface area (Å²) in [6.45, 7) is 0.951. The van der Waals surface area contributed by atoms with E-state index >= 15 is 0 Å². The van der Waals surface area contributed by atoms with Gasteiger partial charge in [-0.05, 0) is 30.0 Å². The number of carbonyl (C=O) groups excluding carboxylic acids is 2. The lowest BCUT2D eigenvalue weighted by molar-refractivity contribution is -0.127. The van der Waals surface area contributed by atoms with Gasteiger partial charge in [0, 0.05) is 18.5 Å². The number of pyridine rings is 1. The number of hydrogen-bond acceptors (Lipinski definition) is 8. The quantitative estimate of drug-likeness (QED) is 0.240. The van der Waals surface area contributed by atoms with Gasteiger partial charge in [-0.3, -0.25) is 18.8 Å². The highest BCUT2D eigenvalue weighted by atomic mass is 33.1. The summed E-state index contributed by atoms with van der Waals surface area (Å²) >= 11 is 0. The molecule has 1 rings (SSSR count). The Hall–Kier alpha value is -1.02. The van der Waals surface area contributed by atoms with Crippen molar-refractivity contribution in [3.8, 4) is 0 Å². The van der Waals surface area contributed by atoms with Crippen molar-refractivity contribution in [1.29, 1.82) is 0 Å². The number of rotatable bonds is 12. The average Bonchev–Trinajstić information content (AvgIpc) is 2.55. The van der Waals surface area contributed by atoms with Gasteiger partial charge in [0.15, 0.2) is 12.7 Å². The molecule has 10 heteroatoms. The van der Waals surface area contributed by atoms with Crippen molar-refractivity contribution < 1.29 is 23.6 Å². The minimum absolute atomic E-state index is 0.229. The lowest BCUT2D eigenvalue weighted by Crippen LogP contribution is -2.23. The third kappa shape index (κ3) is 6.83. The first-order valence-electron chi connectivity index (χ1n) is 6.23. The minimum atomic E-state index is -3.07. The van der Waals surface area contributed by atoms with Crippen LogP contribution in [0.25, 0.3) is 0 Å². The molecule has 0 saturated carbocycles. The van der Waals surface area contributed by atoms with E-state index in [1.54, 1.807) is 28.7 Å². The highest BCUT2D eigenvalue weighted by Gasteiger charge is 2.29. The number of ether oxygens (including phenoxy) is 2. The van der Waals surface area contributed by atoms with Crippen molar-refractivity contribution in [3.63, 3.8) is 0 Å². The van der Waals surface area contributed by atoms with Gasteiger partial charge in [-0.1, -0.05) is 16.9 Å². The molecule has 0 spiro atoms. The van der Waals surface area contributed by atoms with Gasteiger partial charge in [-0.15, -0.1) is 0 Å². The SMILES string of the molecule is CN(CCSSc1ccccn1)P(=O)(COC=O)COC=O. The number of aromatic nitrogens is 1. The van der Waals surface area contributed by atoms with E-state index in [4.69, 9.17) is 0 Å². The molecule has 122 valence electrons. The fourth-order valence-electron chi connectivity index (χ4n) is 1.38. The van der Waals surface area contributed by atoms with E-state index in [2.05, 4.69) is 14.5 Å². The molecular weight excluding hydrogens is 347 g/mol. The first kappa shape index (κ1) is 19.0. The first-order valence-corrected chi connectivity index (χ1v) is 10.6. The predicted octanol–water partition coefficient (Wildman–Crippen LogP) is 2.29. The monoisotopic (exact) mass is 364 g/mol. The second kappa shape index (κ2) is 10.7. The molecule has 0 bridgehead atoms. The standard InChI is InChI=1S/C12H17N2O5PS2/c1-14(20(17,10-18-8-15)11-19-9-16)6-7-21-22-12-4-2-3-5-13-12/h2-5,8-9H,6-7,10-11H2,1H3. The Morgan fingerprint density at radius 3 is 2.50 bits per heavy atom. The molecule has 1 heterocycles. The highest BCUT2D eigenvalue weighted by molar-refractivity contribution is 8.76. The van der Waals surface area contributed by atoms with E-state index < -0.39 is 7.29 Å². The number of carbonyl (C=O) groups is 2. The van der Waals surface area contributed by atoms with Crippen LogP contribution in [-0.2, 0) is 23.6 Å². The molecule has 0 aliphatic heterocycles. The molecule has 0 atom stereocenters. The van der Waals surface area contributed by atoms with E-state index in [0.717, 1.165) is 5.03 Å². The second-order valence-electron chi connectivity index (χ2n) is 4.08. The molecule has 1 aromatic rings. The molecule has 0 N–H and O–H groups in total. The Morgan fingerprint density at radius 2 is 1.95 bits per heavy atom. The van der Waals surface area contributed by atoms with E-state index in [1.807, 2.05) is 18.2 Å². The maximum absolute atomic E-state index is 12.6. The van der Waals surface area contributed by atoms with Crippen LogP contribution >= 0.6 is 28.9 Å². The lowest BCUT2D eigenvalue weighted by atomic mass is 10.5. The van der Waals surface area contributed by atoms with E-state index in [9.17, 15) is 14.2 Å². The van der Waals surface area contributed by atoms with Crippen molar-refractivity contribution in [2.45, 2.75) is 5.03 Å². The summed E-state index contributed by atoms with van der Waals surface area (Å²) in [5.41, 5.74) is 0. The summed E-state index contributed by atoms with van der Waals surface area (Å²) in [6.07, 6.45) is 1.16. The first-order chi connectivity index (χ1) is 10.6. The maximum Gasteiger partial charge on any atom is 0.293 e.